The summed E-state index contributed by atoms with van der Waals surface area (Å²) in [6.07, 6.45) is 5.28. The van der Waals surface area contributed by atoms with E-state index in [1.54, 1.807) is 0 Å². The number of aryl methyl sites for hydroxylation is 4. The number of aromatic nitrogens is 1. The van der Waals surface area contributed by atoms with Crippen LogP contribution in [-0.2, 0) is 7.05 Å². The summed E-state index contributed by atoms with van der Waals surface area (Å²) >= 11 is 0. The molecule has 0 aliphatic heterocycles. The van der Waals surface area contributed by atoms with Crippen molar-refractivity contribution in [3.05, 3.63) is 88.6 Å². The molecule has 1 aromatic heterocycles. The van der Waals surface area contributed by atoms with Crippen molar-refractivity contribution in [2.75, 3.05) is 0 Å². The molecule has 1 fully saturated rings. The summed E-state index contributed by atoms with van der Waals surface area (Å²) in [6, 6.07) is 23.2. The lowest BCUT2D eigenvalue weighted by molar-refractivity contribution is -0.665. The van der Waals surface area contributed by atoms with Crippen molar-refractivity contribution in [3.8, 4) is 22.4 Å². The lowest BCUT2D eigenvalue weighted by Crippen LogP contribution is -2.35. The third-order valence-electron chi connectivity index (χ3n) is 8.62. The molecule has 0 unspecified atom stereocenters. The molecule has 1 saturated carbocycles. The van der Waals surface area contributed by atoms with Crippen molar-refractivity contribution >= 4 is 10.8 Å². The maximum absolute atomic E-state index is 2.48. The van der Waals surface area contributed by atoms with Gasteiger partial charge in [0.05, 0.1) is 5.39 Å². The van der Waals surface area contributed by atoms with Crippen molar-refractivity contribution in [2.24, 2.45) is 12.5 Å². The quantitative estimate of drug-likeness (QED) is 0.268. The van der Waals surface area contributed by atoms with E-state index in [1.807, 2.05) is 0 Å². The number of hydrogen-bond acceptors (Lipinski definition) is 0. The third kappa shape index (κ3) is 4.42. The first-order chi connectivity index (χ1) is 16.6. The Bertz CT molecular complexity index is 1390. The van der Waals surface area contributed by atoms with Gasteiger partial charge in [-0.15, -0.1) is 0 Å². The molecule has 0 N–H and O–H groups in total. The minimum absolute atomic E-state index is 0.505. The first-order valence-corrected chi connectivity index (χ1v) is 13.3. The second-order valence-electron chi connectivity index (χ2n) is 11.8. The Kier molecular flexibility index (Phi) is 6.08. The predicted molar refractivity (Wildman–Crippen MR) is 150 cm³/mol. The van der Waals surface area contributed by atoms with E-state index >= 15 is 0 Å². The van der Waals surface area contributed by atoms with Crippen LogP contribution in [-0.4, -0.2) is 0 Å². The first-order valence-electron chi connectivity index (χ1n) is 13.3. The summed E-state index contributed by atoms with van der Waals surface area (Å²) in [5, 5.41) is 2.72. The zero-order valence-corrected chi connectivity index (χ0v) is 22.6. The molecule has 0 saturated heterocycles. The summed E-state index contributed by atoms with van der Waals surface area (Å²) in [4.78, 5) is 0. The van der Waals surface area contributed by atoms with E-state index < -0.39 is 0 Å². The van der Waals surface area contributed by atoms with Crippen LogP contribution in [0.5, 0.6) is 0 Å². The van der Waals surface area contributed by atoms with Crippen molar-refractivity contribution in [1.29, 1.82) is 0 Å². The SMILES string of the molecule is Cc1cc(-c2c(C)cccc2C)ccc1-c1c2ccc(C3CCC(C)(C)CC3)cc2cc(C)[n+]1C. The molecule has 1 aliphatic carbocycles. The van der Waals surface area contributed by atoms with Gasteiger partial charge in [-0.05, 0) is 109 Å². The third-order valence-corrected chi connectivity index (χ3v) is 8.62. The van der Waals surface area contributed by atoms with Crippen LogP contribution in [0.1, 0.15) is 73.4 Å². The number of fused-ring (bicyclic) bond motifs is 1. The van der Waals surface area contributed by atoms with Gasteiger partial charge >= 0.3 is 0 Å². The van der Waals surface area contributed by atoms with Gasteiger partial charge in [-0.25, -0.2) is 0 Å². The molecular formula is C34H40N+. The molecule has 5 rings (SSSR count). The molecule has 1 heterocycles. The highest BCUT2D eigenvalue weighted by molar-refractivity contribution is 5.94. The summed E-state index contributed by atoms with van der Waals surface area (Å²) in [5.41, 5.74) is 12.6. The Morgan fingerprint density at radius 2 is 1.46 bits per heavy atom. The van der Waals surface area contributed by atoms with Gasteiger partial charge in [-0.1, -0.05) is 56.3 Å². The van der Waals surface area contributed by atoms with E-state index in [-0.39, 0.29) is 0 Å². The Balaban J connectivity index is 1.59. The van der Waals surface area contributed by atoms with Gasteiger partial charge in [-0.3, -0.25) is 0 Å². The first kappa shape index (κ1) is 23.8. The highest BCUT2D eigenvalue weighted by atomic mass is 14.9. The number of pyridine rings is 1. The molecule has 1 heteroatoms. The molecule has 0 amide bonds. The van der Waals surface area contributed by atoms with E-state index in [2.05, 4.69) is 114 Å². The fraction of sp³-hybridized carbons (Fsp3) is 0.382. The van der Waals surface area contributed by atoms with Gasteiger partial charge in [0, 0.05) is 18.6 Å². The van der Waals surface area contributed by atoms with Crippen molar-refractivity contribution in [1.82, 2.24) is 0 Å². The average molecular weight is 463 g/mol. The standard InChI is InChI=1S/C34H40N/c1-22-9-8-10-23(2)32(22)28-12-13-30(24(3)19-28)33-31-14-11-27(21-29(31)20-25(4)35(33)7)26-15-17-34(5,6)18-16-26/h8-14,19-21,26H,15-18H2,1-7H3/q+1. The Morgan fingerprint density at radius 1 is 0.771 bits per heavy atom. The molecule has 0 spiro atoms. The van der Waals surface area contributed by atoms with E-state index in [1.165, 1.54) is 86.8 Å². The van der Waals surface area contributed by atoms with Gasteiger partial charge in [0.2, 0.25) is 5.69 Å². The summed E-state index contributed by atoms with van der Waals surface area (Å²) < 4.78 is 2.37. The monoisotopic (exact) mass is 462 g/mol. The summed E-state index contributed by atoms with van der Waals surface area (Å²) in [5.74, 6) is 0.698. The van der Waals surface area contributed by atoms with Crippen LogP contribution < -0.4 is 4.57 Å². The largest absolute Gasteiger partial charge is 0.220 e. The van der Waals surface area contributed by atoms with E-state index in [0.29, 0.717) is 11.3 Å². The van der Waals surface area contributed by atoms with Crippen LogP contribution in [0.2, 0.25) is 0 Å². The maximum atomic E-state index is 2.48. The molecule has 0 radical (unpaired) electrons. The molecule has 35 heavy (non-hydrogen) atoms. The van der Waals surface area contributed by atoms with Crippen molar-refractivity contribution in [2.45, 2.75) is 73.1 Å². The van der Waals surface area contributed by atoms with Gasteiger partial charge in [-0.2, -0.15) is 4.57 Å². The van der Waals surface area contributed by atoms with Crippen molar-refractivity contribution < 1.29 is 4.57 Å². The van der Waals surface area contributed by atoms with E-state index in [9.17, 15) is 0 Å². The highest BCUT2D eigenvalue weighted by Crippen LogP contribution is 2.43. The van der Waals surface area contributed by atoms with Crippen LogP contribution in [0.3, 0.4) is 0 Å². The molecule has 180 valence electrons. The van der Waals surface area contributed by atoms with Crippen LogP contribution in [0.4, 0.5) is 0 Å². The number of benzene rings is 3. The second-order valence-corrected chi connectivity index (χ2v) is 11.8. The fourth-order valence-corrected chi connectivity index (χ4v) is 6.26. The lowest BCUT2D eigenvalue weighted by atomic mass is 9.71. The maximum Gasteiger partial charge on any atom is 0.220 e. The van der Waals surface area contributed by atoms with Crippen LogP contribution >= 0.6 is 0 Å². The molecule has 1 aliphatic rings. The van der Waals surface area contributed by atoms with Gasteiger partial charge < -0.3 is 0 Å². The van der Waals surface area contributed by atoms with Gasteiger partial charge in [0.1, 0.15) is 7.05 Å². The van der Waals surface area contributed by atoms with Crippen LogP contribution in [0.15, 0.2) is 60.7 Å². The molecule has 0 bridgehead atoms. The van der Waals surface area contributed by atoms with Crippen LogP contribution in [0, 0.1) is 33.1 Å². The molecule has 4 aromatic rings. The van der Waals surface area contributed by atoms with Gasteiger partial charge in [0.15, 0.2) is 5.69 Å². The lowest BCUT2D eigenvalue weighted by Gasteiger charge is -2.34. The highest BCUT2D eigenvalue weighted by Gasteiger charge is 2.28. The number of rotatable bonds is 3. The van der Waals surface area contributed by atoms with Crippen molar-refractivity contribution in [3.63, 3.8) is 0 Å². The molecular weight excluding hydrogens is 422 g/mol. The second kappa shape index (κ2) is 8.94. The summed E-state index contributed by atoms with van der Waals surface area (Å²) in [7, 11) is 2.21. The molecule has 0 atom stereocenters. The number of hydrogen-bond donors (Lipinski definition) is 0. The van der Waals surface area contributed by atoms with E-state index in [4.69, 9.17) is 0 Å². The van der Waals surface area contributed by atoms with Gasteiger partial charge in [0.25, 0.3) is 0 Å². The zero-order chi connectivity index (χ0) is 24.9. The minimum atomic E-state index is 0.505. The smallest absolute Gasteiger partial charge is 0.198 e. The summed E-state index contributed by atoms with van der Waals surface area (Å²) in [6.45, 7) is 13.8. The Labute approximate surface area is 211 Å². The molecule has 1 nitrogen and oxygen atoms in total. The Morgan fingerprint density at radius 3 is 2.11 bits per heavy atom. The Hall–Kier alpha value is -2.93. The van der Waals surface area contributed by atoms with E-state index in [0.717, 1.165) is 0 Å². The number of nitrogens with zero attached hydrogens (tertiary/aromatic N) is 1. The fourth-order valence-electron chi connectivity index (χ4n) is 6.26. The topological polar surface area (TPSA) is 3.88 Å². The normalized spacial score (nSPS) is 16.1. The molecule has 3 aromatic carbocycles. The predicted octanol–water partition coefficient (Wildman–Crippen LogP) is 8.92. The average Bonchev–Trinajstić information content (AvgIpc) is 2.80. The zero-order valence-electron chi connectivity index (χ0n) is 22.6. The van der Waals surface area contributed by atoms with Crippen LogP contribution in [0.25, 0.3) is 33.2 Å². The minimum Gasteiger partial charge on any atom is -0.198 e.